The monoisotopic (exact) mass is 277 g/mol. The topological polar surface area (TPSA) is 40.7 Å². The van der Waals surface area contributed by atoms with Crippen LogP contribution < -0.4 is 5.32 Å². The van der Waals surface area contributed by atoms with E-state index < -0.39 is 0 Å². The highest BCUT2D eigenvalue weighted by molar-refractivity contribution is 6.43. The second-order valence-corrected chi connectivity index (χ2v) is 4.61. The summed E-state index contributed by atoms with van der Waals surface area (Å²) in [6.45, 7) is 0. The Bertz CT molecular complexity index is 673. The van der Waals surface area contributed by atoms with Crippen LogP contribution in [0.25, 0.3) is 11.0 Å². The third kappa shape index (κ3) is 2.03. The van der Waals surface area contributed by atoms with Crippen LogP contribution in [0.1, 0.15) is 0 Å². The molecule has 0 unspecified atom stereocenters. The van der Waals surface area contributed by atoms with Crippen LogP contribution in [0.4, 0.5) is 11.6 Å². The van der Waals surface area contributed by atoms with Crippen molar-refractivity contribution in [3.05, 3.63) is 52.5 Å². The minimum atomic E-state index is 0.486. The first-order chi connectivity index (χ1) is 8.74. The van der Waals surface area contributed by atoms with Crippen LogP contribution >= 0.6 is 23.2 Å². The van der Waals surface area contributed by atoms with Crippen LogP contribution in [0.15, 0.2) is 42.5 Å². The summed E-state index contributed by atoms with van der Waals surface area (Å²) < 4.78 is 0. The molecule has 0 radical (unpaired) electrons. The molecule has 0 aliphatic heterocycles. The molecule has 0 saturated carbocycles. The Morgan fingerprint density at radius 3 is 2.67 bits per heavy atom. The lowest BCUT2D eigenvalue weighted by Crippen LogP contribution is -1.93. The Balaban J connectivity index is 1.99. The summed E-state index contributed by atoms with van der Waals surface area (Å²) in [6.07, 6.45) is 0. The van der Waals surface area contributed by atoms with E-state index in [0.29, 0.717) is 16.0 Å². The van der Waals surface area contributed by atoms with Crippen molar-refractivity contribution in [1.82, 2.24) is 9.97 Å². The molecule has 1 heterocycles. The fourth-order valence-electron chi connectivity index (χ4n) is 1.74. The van der Waals surface area contributed by atoms with Crippen LogP contribution in [0, 0.1) is 0 Å². The molecule has 0 saturated heterocycles. The molecule has 90 valence electrons. The van der Waals surface area contributed by atoms with Crippen molar-refractivity contribution >= 4 is 45.9 Å². The van der Waals surface area contributed by atoms with Gasteiger partial charge in [0.1, 0.15) is 0 Å². The standard InChI is InChI=1S/C13H9Cl2N3/c14-8-4-3-7-11(12(8)15)18-13-16-9-5-1-2-6-10(9)17-13/h1-7H,(H2,16,17,18). The van der Waals surface area contributed by atoms with E-state index in [1.807, 2.05) is 36.4 Å². The number of fused-ring (bicyclic) bond motifs is 1. The summed E-state index contributed by atoms with van der Waals surface area (Å²) >= 11 is 12.1. The van der Waals surface area contributed by atoms with Gasteiger partial charge in [0.2, 0.25) is 5.95 Å². The Morgan fingerprint density at radius 2 is 1.83 bits per heavy atom. The number of nitrogens with one attached hydrogen (secondary N) is 2. The first kappa shape index (κ1) is 11.4. The van der Waals surface area contributed by atoms with Gasteiger partial charge in [-0.1, -0.05) is 41.4 Å². The largest absolute Gasteiger partial charge is 0.324 e. The Morgan fingerprint density at radius 1 is 1.00 bits per heavy atom. The van der Waals surface area contributed by atoms with E-state index in [9.17, 15) is 0 Å². The third-order valence-electron chi connectivity index (χ3n) is 2.59. The first-order valence-corrected chi connectivity index (χ1v) is 6.15. The van der Waals surface area contributed by atoms with Crippen molar-refractivity contribution in [1.29, 1.82) is 0 Å². The van der Waals surface area contributed by atoms with E-state index in [-0.39, 0.29) is 0 Å². The summed E-state index contributed by atoms with van der Waals surface area (Å²) in [4.78, 5) is 7.58. The summed E-state index contributed by atoms with van der Waals surface area (Å²) in [5, 5.41) is 4.12. The normalized spacial score (nSPS) is 10.8. The Hall–Kier alpha value is -1.71. The molecule has 3 rings (SSSR count). The zero-order valence-corrected chi connectivity index (χ0v) is 10.8. The van der Waals surface area contributed by atoms with Gasteiger partial charge in [0.15, 0.2) is 0 Å². The first-order valence-electron chi connectivity index (χ1n) is 5.40. The average Bonchev–Trinajstić information content (AvgIpc) is 2.77. The predicted octanol–water partition coefficient (Wildman–Crippen LogP) is 4.61. The average molecular weight is 278 g/mol. The molecule has 0 bridgehead atoms. The minimum absolute atomic E-state index is 0.486. The number of aromatic amines is 1. The maximum absolute atomic E-state index is 6.11. The zero-order chi connectivity index (χ0) is 12.5. The maximum atomic E-state index is 6.11. The number of imidazole rings is 1. The number of halogens is 2. The summed E-state index contributed by atoms with van der Waals surface area (Å²) in [6, 6.07) is 13.2. The van der Waals surface area contributed by atoms with Crippen LogP contribution in [-0.4, -0.2) is 9.97 Å². The fraction of sp³-hybridized carbons (Fsp3) is 0. The molecule has 2 aromatic carbocycles. The van der Waals surface area contributed by atoms with Gasteiger partial charge >= 0.3 is 0 Å². The van der Waals surface area contributed by atoms with Crippen LogP contribution in [0.2, 0.25) is 10.0 Å². The van der Waals surface area contributed by atoms with Gasteiger partial charge in [-0.25, -0.2) is 4.98 Å². The molecule has 0 atom stereocenters. The van der Waals surface area contributed by atoms with E-state index in [1.165, 1.54) is 0 Å². The number of hydrogen-bond donors (Lipinski definition) is 2. The lowest BCUT2D eigenvalue weighted by molar-refractivity contribution is 1.31. The quantitative estimate of drug-likeness (QED) is 0.718. The number of hydrogen-bond acceptors (Lipinski definition) is 2. The molecule has 0 aliphatic carbocycles. The van der Waals surface area contributed by atoms with Crippen molar-refractivity contribution in [2.24, 2.45) is 0 Å². The molecule has 0 amide bonds. The van der Waals surface area contributed by atoms with Crippen LogP contribution in [0.5, 0.6) is 0 Å². The van der Waals surface area contributed by atoms with Crippen molar-refractivity contribution < 1.29 is 0 Å². The van der Waals surface area contributed by atoms with Crippen molar-refractivity contribution in [3.8, 4) is 0 Å². The van der Waals surface area contributed by atoms with E-state index >= 15 is 0 Å². The van der Waals surface area contributed by atoms with Crippen LogP contribution in [0.3, 0.4) is 0 Å². The lowest BCUT2D eigenvalue weighted by Gasteiger charge is -2.05. The van der Waals surface area contributed by atoms with E-state index in [1.54, 1.807) is 6.07 Å². The number of H-pyrrole nitrogens is 1. The van der Waals surface area contributed by atoms with E-state index in [0.717, 1.165) is 16.7 Å². The van der Waals surface area contributed by atoms with Gasteiger partial charge in [-0.15, -0.1) is 0 Å². The molecule has 0 spiro atoms. The van der Waals surface area contributed by atoms with Gasteiger partial charge in [0, 0.05) is 0 Å². The fourth-order valence-corrected chi connectivity index (χ4v) is 2.09. The minimum Gasteiger partial charge on any atom is -0.324 e. The summed E-state index contributed by atoms with van der Waals surface area (Å²) in [7, 11) is 0. The van der Waals surface area contributed by atoms with Gasteiger partial charge < -0.3 is 10.3 Å². The number of nitrogens with zero attached hydrogens (tertiary/aromatic N) is 1. The second kappa shape index (κ2) is 4.52. The highest BCUT2D eigenvalue weighted by atomic mass is 35.5. The zero-order valence-electron chi connectivity index (χ0n) is 9.24. The van der Waals surface area contributed by atoms with Gasteiger partial charge in [-0.2, -0.15) is 0 Å². The molecule has 1 aromatic heterocycles. The molecular weight excluding hydrogens is 269 g/mol. The Kier molecular flexibility index (Phi) is 2.86. The van der Waals surface area contributed by atoms with E-state index in [2.05, 4.69) is 15.3 Å². The summed E-state index contributed by atoms with van der Waals surface area (Å²) in [5.41, 5.74) is 2.60. The predicted molar refractivity (Wildman–Crippen MR) is 75.8 cm³/mol. The molecule has 5 heteroatoms. The molecule has 0 fully saturated rings. The Labute approximate surface area is 114 Å². The SMILES string of the molecule is Clc1cccc(Nc2nc3ccccc3[nH]2)c1Cl. The molecule has 18 heavy (non-hydrogen) atoms. The van der Waals surface area contributed by atoms with Gasteiger partial charge in [0.25, 0.3) is 0 Å². The number of rotatable bonds is 2. The molecule has 0 aliphatic rings. The second-order valence-electron chi connectivity index (χ2n) is 3.83. The van der Waals surface area contributed by atoms with Crippen molar-refractivity contribution in [2.75, 3.05) is 5.32 Å². The van der Waals surface area contributed by atoms with Gasteiger partial charge in [-0.05, 0) is 24.3 Å². The molecular formula is C13H9Cl2N3. The molecule has 3 aromatic rings. The van der Waals surface area contributed by atoms with Gasteiger partial charge in [-0.3, -0.25) is 0 Å². The van der Waals surface area contributed by atoms with Crippen molar-refractivity contribution in [3.63, 3.8) is 0 Å². The number of benzene rings is 2. The number of aromatic nitrogens is 2. The van der Waals surface area contributed by atoms with Gasteiger partial charge in [0.05, 0.1) is 26.8 Å². The van der Waals surface area contributed by atoms with Crippen molar-refractivity contribution in [2.45, 2.75) is 0 Å². The number of para-hydroxylation sites is 2. The molecule has 2 N–H and O–H groups in total. The van der Waals surface area contributed by atoms with E-state index in [4.69, 9.17) is 23.2 Å². The van der Waals surface area contributed by atoms with Crippen LogP contribution in [-0.2, 0) is 0 Å². The smallest absolute Gasteiger partial charge is 0.205 e. The third-order valence-corrected chi connectivity index (χ3v) is 3.41. The summed E-state index contributed by atoms with van der Waals surface area (Å²) in [5.74, 6) is 0.639. The maximum Gasteiger partial charge on any atom is 0.205 e. The lowest BCUT2D eigenvalue weighted by atomic mass is 10.3. The highest BCUT2D eigenvalue weighted by Gasteiger charge is 2.07. The molecule has 3 nitrogen and oxygen atoms in total. The highest BCUT2D eigenvalue weighted by Crippen LogP contribution is 2.31. The number of anilines is 2.